The van der Waals surface area contributed by atoms with Gasteiger partial charge in [0.15, 0.2) is 0 Å². The normalized spacial score (nSPS) is 17.8. The summed E-state index contributed by atoms with van der Waals surface area (Å²) in [6, 6.07) is 5.36. The molecule has 1 unspecified atom stereocenters. The summed E-state index contributed by atoms with van der Waals surface area (Å²) in [6.45, 7) is 0.0513. The molecule has 1 aliphatic carbocycles. The zero-order valence-electron chi connectivity index (χ0n) is 11.1. The lowest BCUT2D eigenvalue weighted by Gasteiger charge is -2.12. The van der Waals surface area contributed by atoms with Gasteiger partial charge < -0.3 is 4.74 Å². The minimum atomic E-state index is -3.65. The number of hydrogen-bond acceptors (Lipinski definition) is 4. The number of nitrogens with one attached hydrogen (secondary N) is 1. The molecule has 7 heteroatoms. The first-order valence-electron chi connectivity index (χ1n) is 6.25. The van der Waals surface area contributed by atoms with E-state index in [-0.39, 0.29) is 12.4 Å². The highest BCUT2D eigenvalue weighted by molar-refractivity contribution is 7.90. The zero-order chi connectivity index (χ0) is 14.8. The number of rotatable bonds is 5. The SMILES string of the molecule is COCCS(=O)(=O)NC(=O)C1CCc2c(Cl)cccc21. The van der Waals surface area contributed by atoms with E-state index in [2.05, 4.69) is 4.72 Å². The molecule has 110 valence electrons. The lowest BCUT2D eigenvalue weighted by atomic mass is 10.0. The van der Waals surface area contributed by atoms with Crippen molar-refractivity contribution in [2.75, 3.05) is 19.5 Å². The summed E-state index contributed by atoms with van der Waals surface area (Å²) < 4.78 is 30.2. The van der Waals surface area contributed by atoms with Crippen LogP contribution in [-0.4, -0.2) is 33.8 Å². The van der Waals surface area contributed by atoms with Gasteiger partial charge in [-0.2, -0.15) is 0 Å². The van der Waals surface area contributed by atoms with Crippen LogP contribution in [0.4, 0.5) is 0 Å². The highest BCUT2D eigenvalue weighted by Crippen LogP contribution is 2.37. The molecule has 1 aliphatic rings. The predicted molar refractivity (Wildman–Crippen MR) is 76.3 cm³/mol. The van der Waals surface area contributed by atoms with Crippen molar-refractivity contribution in [1.29, 1.82) is 0 Å². The smallest absolute Gasteiger partial charge is 0.240 e. The minimum Gasteiger partial charge on any atom is -0.384 e. The van der Waals surface area contributed by atoms with Gasteiger partial charge in [0.1, 0.15) is 0 Å². The molecule has 1 aromatic carbocycles. The van der Waals surface area contributed by atoms with Gasteiger partial charge in [0.05, 0.1) is 18.3 Å². The minimum absolute atomic E-state index is 0.0513. The highest BCUT2D eigenvalue weighted by atomic mass is 35.5. The highest BCUT2D eigenvalue weighted by Gasteiger charge is 2.31. The van der Waals surface area contributed by atoms with Gasteiger partial charge in [-0.1, -0.05) is 23.7 Å². The maximum Gasteiger partial charge on any atom is 0.240 e. The fraction of sp³-hybridized carbons (Fsp3) is 0.462. The Morgan fingerprint density at radius 3 is 2.95 bits per heavy atom. The molecule has 1 atom stereocenters. The molecule has 5 nitrogen and oxygen atoms in total. The van der Waals surface area contributed by atoms with Crippen LogP contribution in [0.1, 0.15) is 23.5 Å². The monoisotopic (exact) mass is 317 g/mol. The number of benzene rings is 1. The summed E-state index contributed by atoms with van der Waals surface area (Å²) in [5.74, 6) is -1.19. The van der Waals surface area contributed by atoms with E-state index in [0.29, 0.717) is 17.9 Å². The van der Waals surface area contributed by atoms with Crippen molar-refractivity contribution < 1.29 is 17.9 Å². The van der Waals surface area contributed by atoms with Crippen molar-refractivity contribution in [2.24, 2.45) is 0 Å². The van der Waals surface area contributed by atoms with Crippen LogP contribution in [-0.2, 0) is 26.0 Å². The van der Waals surface area contributed by atoms with Crippen LogP contribution in [0.3, 0.4) is 0 Å². The molecule has 20 heavy (non-hydrogen) atoms. The summed E-state index contributed by atoms with van der Waals surface area (Å²) in [7, 11) is -2.24. The Morgan fingerprint density at radius 2 is 2.25 bits per heavy atom. The molecule has 0 bridgehead atoms. The third-order valence-corrected chi connectivity index (χ3v) is 4.91. The average Bonchev–Trinajstić information content (AvgIpc) is 2.81. The Labute approximate surface area is 123 Å². The topological polar surface area (TPSA) is 72.5 Å². The number of sulfonamides is 1. The number of carbonyl (C=O) groups excluding carboxylic acids is 1. The molecule has 1 N–H and O–H groups in total. The van der Waals surface area contributed by atoms with Crippen molar-refractivity contribution >= 4 is 27.5 Å². The van der Waals surface area contributed by atoms with E-state index in [9.17, 15) is 13.2 Å². The molecule has 0 spiro atoms. The predicted octanol–water partition coefficient (Wildman–Crippen LogP) is 1.46. The Hall–Kier alpha value is -1.11. The van der Waals surface area contributed by atoms with E-state index in [1.54, 1.807) is 12.1 Å². The summed E-state index contributed by atoms with van der Waals surface area (Å²) in [5, 5.41) is 0.625. The van der Waals surface area contributed by atoms with Crippen molar-refractivity contribution in [3.05, 3.63) is 34.3 Å². The first-order valence-corrected chi connectivity index (χ1v) is 8.28. The summed E-state index contributed by atoms with van der Waals surface area (Å²) in [6.07, 6.45) is 1.26. The van der Waals surface area contributed by atoms with Gasteiger partial charge in [0, 0.05) is 12.1 Å². The van der Waals surface area contributed by atoms with Crippen molar-refractivity contribution in [3.63, 3.8) is 0 Å². The quantitative estimate of drug-likeness (QED) is 0.892. The average molecular weight is 318 g/mol. The van der Waals surface area contributed by atoms with Gasteiger partial charge in [-0.15, -0.1) is 0 Å². The molecule has 0 heterocycles. The molecule has 0 aliphatic heterocycles. The molecule has 0 saturated carbocycles. The molecular formula is C13H16ClNO4S. The summed E-state index contributed by atoms with van der Waals surface area (Å²) >= 11 is 6.07. The maximum atomic E-state index is 12.1. The number of fused-ring (bicyclic) bond motifs is 1. The van der Waals surface area contributed by atoms with Crippen LogP contribution in [0.5, 0.6) is 0 Å². The van der Waals surface area contributed by atoms with E-state index in [4.69, 9.17) is 16.3 Å². The first kappa shape index (κ1) is 15.3. The Kier molecular flexibility index (Phi) is 4.67. The fourth-order valence-corrected chi connectivity index (χ4v) is 3.56. The lowest BCUT2D eigenvalue weighted by molar-refractivity contribution is -0.120. The van der Waals surface area contributed by atoms with Gasteiger partial charge in [-0.3, -0.25) is 9.52 Å². The molecule has 1 amide bonds. The van der Waals surface area contributed by atoms with Crippen LogP contribution in [0.25, 0.3) is 0 Å². The van der Waals surface area contributed by atoms with Crippen LogP contribution in [0.15, 0.2) is 18.2 Å². The third kappa shape index (κ3) is 3.31. The number of ether oxygens (including phenoxy) is 1. The van der Waals surface area contributed by atoms with E-state index >= 15 is 0 Å². The summed E-state index contributed by atoms with van der Waals surface area (Å²) in [5.41, 5.74) is 1.75. The Balaban J connectivity index is 2.12. The van der Waals surface area contributed by atoms with E-state index in [1.807, 2.05) is 6.07 Å². The van der Waals surface area contributed by atoms with Gasteiger partial charge in [-0.05, 0) is 30.0 Å². The second kappa shape index (κ2) is 6.11. The molecule has 0 saturated heterocycles. The number of hydrogen-bond donors (Lipinski definition) is 1. The number of carbonyl (C=O) groups is 1. The second-order valence-corrected chi connectivity index (χ2v) is 6.93. The third-order valence-electron chi connectivity index (χ3n) is 3.34. The summed E-state index contributed by atoms with van der Waals surface area (Å²) in [4.78, 5) is 12.1. The van der Waals surface area contributed by atoms with Crippen molar-refractivity contribution in [3.8, 4) is 0 Å². The van der Waals surface area contributed by atoms with E-state index < -0.39 is 21.8 Å². The maximum absolute atomic E-state index is 12.1. The van der Waals surface area contributed by atoms with Gasteiger partial charge >= 0.3 is 0 Å². The standard InChI is InChI=1S/C13H16ClNO4S/c1-19-7-8-20(17,18)15-13(16)11-6-5-10-9(11)3-2-4-12(10)14/h2-4,11H,5-8H2,1H3,(H,15,16). The van der Waals surface area contributed by atoms with Crippen molar-refractivity contribution in [2.45, 2.75) is 18.8 Å². The van der Waals surface area contributed by atoms with Gasteiger partial charge in [0.2, 0.25) is 15.9 Å². The lowest BCUT2D eigenvalue weighted by Crippen LogP contribution is -2.36. The zero-order valence-corrected chi connectivity index (χ0v) is 12.6. The Bertz CT molecular complexity index is 615. The Morgan fingerprint density at radius 1 is 1.50 bits per heavy atom. The molecule has 0 radical (unpaired) electrons. The van der Waals surface area contributed by atoms with Crippen LogP contribution < -0.4 is 4.72 Å². The molecule has 1 aromatic rings. The number of amides is 1. The van der Waals surface area contributed by atoms with E-state index in [0.717, 1.165) is 11.1 Å². The van der Waals surface area contributed by atoms with Crippen LogP contribution >= 0.6 is 11.6 Å². The van der Waals surface area contributed by atoms with E-state index in [1.165, 1.54) is 7.11 Å². The second-order valence-electron chi connectivity index (χ2n) is 4.68. The number of methoxy groups -OCH3 is 1. The largest absolute Gasteiger partial charge is 0.384 e. The van der Waals surface area contributed by atoms with Crippen LogP contribution in [0.2, 0.25) is 5.02 Å². The fourth-order valence-electron chi connectivity index (χ4n) is 2.35. The van der Waals surface area contributed by atoms with Crippen LogP contribution in [0, 0.1) is 0 Å². The van der Waals surface area contributed by atoms with Gasteiger partial charge in [0.25, 0.3) is 0 Å². The van der Waals surface area contributed by atoms with Gasteiger partial charge in [-0.25, -0.2) is 8.42 Å². The number of halogens is 1. The molecule has 0 fully saturated rings. The molecular weight excluding hydrogens is 302 g/mol. The molecule has 0 aromatic heterocycles. The molecule has 2 rings (SSSR count). The first-order chi connectivity index (χ1) is 9.44. The van der Waals surface area contributed by atoms with Crippen molar-refractivity contribution in [1.82, 2.24) is 4.72 Å².